The van der Waals surface area contributed by atoms with Crippen molar-refractivity contribution < 1.29 is 4.92 Å². The molecular weight excluding hydrogens is 357 g/mol. The molecule has 1 aliphatic rings. The largest absolute Gasteiger partial charge is 0.371 e. The number of nitro groups is 1. The summed E-state index contributed by atoms with van der Waals surface area (Å²) in [4.78, 5) is 12.7. The van der Waals surface area contributed by atoms with Crippen LogP contribution >= 0.6 is 22.6 Å². The third-order valence-electron chi connectivity index (χ3n) is 3.59. The Morgan fingerprint density at radius 3 is 2.68 bits per heavy atom. The molecule has 19 heavy (non-hydrogen) atoms. The molecule has 1 saturated heterocycles. The monoisotopic (exact) mass is 375 g/mol. The number of nitro benzene ring substituents is 1. The third kappa shape index (κ3) is 3.56. The van der Waals surface area contributed by atoms with E-state index in [0.717, 1.165) is 34.8 Å². The molecule has 1 aliphatic heterocycles. The van der Waals surface area contributed by atoms with Gasteiger partial charge in [0.25, 0.3) is 5.69 Å². The predicted molar refractivity (Wildman–Crippen MR) is 84.7 cm³/mol. The molecule has 0 bridgehead atoms. The van der Waals surface area contributed by atoms with Gasteiger partial charge in [0.05, 0.1) is 10.6 Å². The van der Waals surface area contributed by atoms with Crippen LogP contribution in [0.5, 0.6) is 0 Å². The van der Waals surface area contributed by atoms with E-state index < -0.39 is 0 Å². The molecule has 0 spiro atoms. The zero-order valence-electron chi connectivity index (χ0n) is 10.9. The molecule has 0 amide bonds. The van der Waals surface area contributed by atoms with Gasteiger partial charge in [-0.2, -0.15) is 0 Å². The van der Waals surface area contributed by atoms with Crippen LogP contribution in [0.15, 0.2) is 18.2 Å². The molecule has 0 aliphatic carbocycles. The topological polar surface area (TPSA) is 58.4 Å². The van der Waals surface area contributed by atoms with Gasteiger partial charge in [-0.3, -0.25) is 10.1 Å². The molecule has 6 heteroatoms. The third-order valence-corrected chi connectivity index (χ3v) is 4.45. The van der Waals surface area contributed by atoms with Crippen LogP contribution in [0.2, 0.25) is 0 Å². The van der Waals surface area contributed by atoms with Gasteiger partial charge >= 0.3 is 0 Å². The molecule has 0 atom stereocenters. The Morgan fingerprint density at radius 2 is 2.16 bits per heavy atom. The number of rotatable bonds is 4. The molecule has 0 saturated carbocycles. The molecule has 1 aromatic rings. The average Bonchev–Trinajstić information content (AvgIpc) is 2.40. The zero-order valence-corrected chi connectivity index (χ0v) is 13.1. The van der Waals surface area contributed by atoms with Gasteiger partial charge in [0.2, 0.25) is 0 Å². The van der Waals surface area contributed by atoms with Crippen LogP contribution in [0.25, 0.3) is 0 Å². The summed E-state index contributed by atoms with van der Waals surface area (Å²) in [5.74, 6) is 0.747. The van der Waals surface area contributed by atoms with Gasteiger partial charge in [-0.15, -0.1) is 0 Å². The Balaban J connectivity index is 2.05. The maximum Gasteiger partial charge on any atom is 0.270 e. The molecular formula is C13H18IN3O2. The van der Waals surface area contributed by atoms with Crippen molar-refractivity contribution in [3.05, 3.63) is 31.9 Å². The van der Waals surface area contributed by atoms with Crippen molar-refractivity contribution in [1.82, 2.24) is 5.32 Å². The van der Waals surface area contributed by atoms with Gasteiger partial charge < -0.3 is 10.2 Å². The van der Waals surface area contributed by atoms with E-state index >= 15 is 0 Å². The standard InChI is InChI=1S/C13H18IN3O2/c1-15-9-10-4-6-16(7-5-10)13-3-2-11(17(18)19)8-12(13)14/h2-3,8,10,15H,4-7,9H2,1H3. The van der Waals surface area contributed by atoms with Gasteiger partial charge in [0, 0.05) is 28.8 Å². The van der Waals surface area contributed by atoms with Crippen molar-refractivity contribution in [2.45, 2.75) is 12.8 Å². The minimum Gasteiger partial charge on any atom is -0.371 e. The minimum absolute atomic E-state index is 0.165. The second-order valence-corrected chi connectivity index (χ2v) is 6.04. The number of nitrogens with one attached hydrogen (secondary N) is 1. The maximum atomic E-state index is 10.7. The van der Waals surface area contributed by atoms with Crippen molar-refractivity contribution in [3.8, 4) is 0 Å². The molecule has 2 rings (SSSR count). The number of piperidine rings is 1. The molecule has 0 unspecified atom stereocenters. The van der Waals surface area contributed by atoms with Crippen molar-refractivity contribution in [1.29, 1.82) is 0 Å². The summed E-state index contributed by atoms with van der Waals surface area (Å²) < 4.78 is 0.957. The summed E-state index contributed by atoms with van der Waals surface area (Å²) in [6.07, 6.45) is 2.35. The molecule has 0 radical (unpaired) electrons. The Kier molecular flexibility index (Phi) is 4.98. The van der Waals surface area contributed by atoms with Gasteiger partial charge in [0.1, 0.15) is 0 Å². The Bertz CT molecular complexity index is 459. The summed E-state index contributed by atoms with van der Waals surface area (Å²) >= 11 is 2.19. The molecule has 5 nitrogen and oxygen atoms in total. The quantitative estimate of drug-likeness (QED) is 0.500. The second-order valence-electron chi connectivity index (χ2n) is 4.88. The van der Waals surface area contributed by atoms with E-state index in [2.05, 4.69) is 32.8 Å². The summed E-state index contributed by atoms with van der Waals surface area (Å²) in [5, 5.41) is 14.0. The molecule has 104 valence electrons. The second kappa shape index (κ2) is 6.51. The summed E-state index contributed by atoms with van der Waals surface area (Å²) in [6.45, 7) is 3.13. The molecule has 1 fully saturated rings. The fourth-order valence-corrected chi connectivity index (χ4v) is 3.37. The first-order valence-electron chi connectivity index (χ1n) is 6.45. The highest BCUT2D eigenvalue weighted by Gasteiger charge is 2.21. The van der Waals surface area contributed by atoms with E-state index in [0.29, 0.717) is 0 Å². The van der Waals surface area contributed by atoms with E-state index in [1.165, 1.54) is 12.8 Å². The highest BCUT2D eigenvalue weighted by atomic mass is 127. The first-order chi connectivity index (χ1) is 9.11. The Labute approximate surface area is 126 Å². The lowest BCUT2D eigenvalue weighted by atomic mass is 9.96. The fraction of sp³-hybridized carbons (Fsp3) is 0.538. The van der Waals surface area contributed by atoms with E-state index in [1.807, 2.05) is 13.1 Å². The van der Waals surface area contributed by atoms with Gasteiger partial charge in [-0.25, -0.2) is 0 Å². The minimum atomic E-state index is -0.342. The van der Waals surface area contributed by atoms with E-state index in [4.69, 9.17) is 0 Å². The maximum absolute atomic E-state index is 10.7. The van der Waals surface area contributed by atoms with Crippen LogP contribution in [0, 0.1) is 19.6 Å². The van der Waals surface area contributed by atoms with Crippen LogP contribution in [-0.4, -0.2) is 31.6 Å². The van der Waals surface area contributed by atoms with E-state index in [-0.39, 0.29) is 10.6 Å². The van der Waals surface area contributed by atoms with Crippen LogP contribution < -0.4 is 10.2 Å². The van der Waals surface area contributed by atoms with Crippen LogP contribution in [0.1, 0.15) is 12.8 Å². The Hall–Kier alpha value is -0.890. The lowest BCUT2D eigenvalue weighted by molar-refractivity contribution is -0.384. The highest BCUT2D eigenvalue weighted by Crippen LogP contribution is 2.30. The number of halogens is 1. The summed E-state index contributed by atoms with van der Waals surface area (Å²) in [6, 6.07) is 5.12. The summed E-state index contributed by atoms with van der Waals surface area (Å²) in [5.41, 5.74) is 1.28. The molecule has 1 N–H and O–H groups in total. The van der Waals surface area contributed by atoms with Crippen LogP contribution in [0.4, 0.5) is 11.4 Å². The smallest absolute Gasteiger partial charge is 0.270 e. The van der Waals surface area contributed by atoms with Crippen molar-refractivity contribution in [2.75, 3.05) is 31.6 Å². The van der Waals surface area contributed by atoms with Gasteiger partial charge in [-0.1, -0.05) is 0 Å². The average molecular weight is 375 g/mol. The van der Waals surface area contributed by atoms with Crippen molar-refractivity contribution >= 4 is 34.0 Å². The summed E-state index contributed by atoms with van der Waals surface area (Å²) in [7, 11) is 1.99. The first kappa shape index (κ1) is 14.5. The lowest BCUT2D eigenvalue weighted by Crippen LogP contribution is -2.37. The SMILES string of the molecule is CNCC1CCN(c2ccc([N+](=O)[O-])cc2I)CC1. The number of non-ortho nitro benzene ring substituents is 1. The van der Waals surface area contributed by atoms with Gasteiger partial charge in [0.15, 0.2) is 0 Å². The van der Waals surface area contributed by atoms with Crippen molar-refractivity contribution in [3.63, 3.8) is 0 Å². The van der Waals surface area contributed by atoms with Crippen LogP contribution in [-0.2, 0) is 0 Å². The number of hydrogen-bond donors (Lipinski definition) is 1. The van der Waals surface area contributed by atoms with E-state index in [9.17, 15) is 10.1 Å². The number of hydrogen-bond acceptors (Lipinski definition) is 4. The molecule has 1 aromatic carbocycles. The first-order valence-corrected chi connectivity index (χ1v) is 7.53. The number of nitrogens with zero attached hydrogens (tertiary/aromatic N) is 2. The van der Waals surface area contributed by atoms with E-state index in [1.54, 1.807) is 12.1 Å². The van der Waals surface area contributed by atoms with Crippen molar-refractivity contribution in [2.24, 2.45) is 5.92 Å². The number of benzene rings is 1. The van der Waals surface area contributed by atoms with Crippen LogP contribution in [0.3, 0.4) is 0 Å². The molecule has 1 heterocycles. The zero-order chi connectivity index (χ0) is 13.8. The highest BCUT2D eigenvalue weighted by molar-refractivity contribution is 14.1. The fourth-order valence-electron chi connectivity index (χ4n) is 2.53. The normalized spacial score (nSPS) is 16.6. The van der Waals surface area contributed by atoms with Gasteiger partial charge in [-0.05, 0) is 61.0 Å². The number of anilines is 1. The molecule has 0 aromatic heterocycles. The Morgan fingerprint density at radius 1 is 1.47 bits per heavy atom. The lowest BCUT2D eigenvalue weighted by Gasteiger charge is -2.34. The predicted octanol–water partition coefficient (Wildman–Crippen LogP) is 2.64.